The first-order chi connectivity index (χ1) is 8.26. The molecule has 1 atom stereocenters. The van der Waals surface area contributed by atoms with Gasteiger partial charge in [0.25, 0.3) is 0 Å². The van der Waals surface area contributed by atoms with Crippen LogP contribution in [-0.2, 0) is 0 Å². The highest BCUT2D eigenvalue weighted by Gasteiger charge is 2.21. The molecular formula is C13H15ClN2O. The smallest absolute Gasteiger partial charge is 0.103 e. The van der Waals surface area contributed by atoms with E-state index in [-0.39, 0.29) is 6.61 Å². The lowest BCUT2D eigenvalue weighted by atomic mass is 9.98. The minimum atomic E-state index is 0.207. The summed E-state index contributed by atoms with van der Waals surface area (Å²) in [6.45, 7) is 1.93. The molecule has 1 aromatic rings. The van der Waals surface area contributed by atoms with Crippen molar-refractivity contribution in [3.63, 3.8) is 0 Å². The molecule has 1 fully saturated rings. The van der Waals surface area contributed by atoms with Gasteiger partial charge in [0.15, 0.2) is 0 Å². The lowest BCUT2D eigenvalue weighted by Gasteiger charge is -2.34. The fourth-order valence-corrected chi connectivity index (χ4v) is 2.53. The van der Waals surface area contributed by atoms with E-state index >= 15 is 0 Å². The summed E-state index contributed by atoms with van der Waals surface area (Å²) >= 11 is 6.02. The van der Waals surface area contributed by atoms with Gasteiger partial charge in [0.2, 0.25) is 0 Å². The van der Waals surface area contributed by atoms with Crippen molar-refractivity contribution in [2.45, 2.75) is 12.8 Å². The summed E-state index contributed by atoms with van der Waals surface area (Å²) in [7, 11) is 0. The highest BCUT2D eigenvalue weighted by atomic mass is 35.5. The zero-order valence-corrected chi connectivity index (χ0v) is 10.3. The average molecular weight is 251 g/mol. The molecule has 2 rings (SSSR count). The first kappa shape index (κ1) is 12.2. The number of hydrogen-bond donors (Lipinski definition) is 1. The largest absolute Gasteiger partial charge is 0.396 e. The third-order valence-corrected chi connectivity index (χ3v) is 3.54. The molecule has 0 unspecified atom stereocenters. The molecule has 0 saturated carbocycles. The summed E-state index contributed by atoms with van der Waals surface area (Å²) in [4.78, 5) is 2.15. The van der Waals surface area contributed by atoms with Crippen molar-refractivity contribution >= 4 is 17.3 Å². The Hall–Kier alpha value is -1.24. The van der Waals surface area contributed by atoms with Crippen molar-refractivity contribution in [3.8, 4) is 6.07 Å². The van der Waals surface area contributed by atoms with E-state index in [0.717, 1.165) is 31.6 Å². The molecule has 4 heteroatoms. The third kappa shape index (κ3) is 2.54. The molecular weight excluding hydrogens is 236 g/mol. The predicted molar refractivity (Wildman–Crippen MR) is 68.2 cm³/mol. The maximum atomic E-state index is 9.22. The van der Waals surface area contributed by atoms with Crippen LogP contribution < -0.4 is 4.90 Å². The Kier molecular flexibility index (Phi) is 3.88. The molecule has 0 amide bonds. The first-order valence-corrected chi connectivity index (χ1v) is 6.18. The number of nitrogens with zero attached hydrogens (tertiary/aromatic N) is 2. The molecule has 1 aliphatic rings. The van der Waals surface area contributed by atoms with E-state index in [1.54, 1.807) is 6.07 Å². The van der Waals surface area contributed by atoms with Crippen molar-refractivity contribution in [1.29, 1.82) is 5.26 Å². The molecule has 1 aliphatic heterocycles. The highest BCUT2D eigenvalue weighted by Crippen LogP contribution is 2.30. The normalized spacial score (nSPS) is 20.1. The van der Waals surface area contributed by atoms with Gasteiger partial charge in [-0.1, -0.05) is 17.7 Å². The molecule has 0 aliphatic carbocycles. The summed E-state index contributed by atoms with van der Waals surface area (Å²) in [6, 6.07) is 7.67. The number of aliphatic hydroxyl groups excluding tert-OH is 1. The number of rotatable bonds is 2. The van der Waals surface area contributed by atoms with E-state index in [1.807, 2.05) is 12.1 Å². The number of halogens is 1. The van der Waals surface area contributed by atoms with Gasteiger partial charge >= 0.3 is 0 Å². The average Bonchev–Trinajstić information content (AvgIpc) is 2.38. The maximum Gasteiger partial charge on any atom is 0.103 e. The summed E-state index contributed by atoms with van der Waals surface area (Å²) in [5, 5.41) is 18.9. The topological polar surface area (TPSA) is 47.3 Å². The van der Waals surface area contributed by atoms with Crippen LogP contribution >= 0.6 is 11.6 Å². The van der Waals surface area contributed by atoms with Crippen molar-refractivity contribution in [1.82, 2.24) is 0 Å². The van der Waals surface area contributed by atoms with E-state index < -0.39 is 0 Å². The van der Waals surface area contributed by atoms with E-state index in [0.29, 0.717) is 16.5 Å². The Morgan fingerprint density at radius 2 is 2.35 bits per heavy atom. The molecule has 17 heavy (non-hydrogen) atoms. The molecule has 1 N–H and O–H groups in total. The standard InChI is InChI=1S/C13H15ClN2O/c14-12-4-1-5-13(11(12)7-15)16-6-2-3-10(8-16)9-17/h1,4-5,10,17H,2-3,6,8-9H2/t10-/m1/s1. The Balaban J connectivity index is 2.28. The molecule has 0 bridgehead atoms. The SMILES string of the molecule is N#Cc1c(Cl)cccc1N1CCC[C@@H](CO)C1. The lowest BCUT2D eigenvalue weighted by Crippen LogP contribution is -2.37. The van der Waals surface area contributed by atoms with E-state index in [9.17, 15) is 5.11 Å². The van der Waals surface area contributed by atoms with Gasteiger partial charge in [-0.3, -0.25) is 0 Å². The van der Waals surface area contributed by atoms with Crippen molar-refractivity contribution in [3.05, 3.63) is 28.8 Å². The predicted octanol–water partition coefficient (Wildman–Crippen LogP) is 2.42. The second-order valence-electron chi connectivity index (χ2n) is 4.38. The Morgan fingerprint density at radius 1 is 1.53 bits per heavy atom. The molecule has 1 aromatic carbocycles. The second-order valence-corrected chi connectivity index (χ2v) is 4.79. The lowest BCUT2D eigenvalue weighted by molar-refractivity contribution is 0.208. The molecule has 3 nitrogen and oxygen atoms in total. The molecule has 1 saturated heterocycles. The van der Waals surface area contributed by atoms with Gasteiger partial charge in [-0.2, -0.15) is 5.26 Å². The molecule has 0 radical (unpaired) electrons. The number of hydrogen-bond acceptors (Lipinski definition) is 3. The number of benzene rings is 1. The van der Waals surface area contributed by atoms with E-state index in [2.05, 4.69) is 11.0 Å². The van der Waals surface area contributed by atoms with Crippen LogP contribution in [0.15, 0.2) is 18.2 Å². The highest BCUT2D eigenvalue weighted by molar-refractivity contribution is 6.32. The minimum Gasteiger partial charge on any atom is -0.396 e. The fraction of sp³-hybridized carbons (Fsp3) is 0.462. The number of piperidine rings is 1. The van der Waals surface area contributed by atoms with Gasteiger partial charge in [0.05, 0.1) is 16.3 Å². The van der Waals surface area contributed by atoms with Gasteiger partial charge < -0.3 is 10.0 Å². The van der Waals surface area contributed by atoms with Crippen molar-refractivity contribution < 1.29 is 5.11 Å². The minimum absolute atomic E-state index is 0.207. The maximum absolute atomic E-state index is 9.22. The van der Waals surface area contributed by atoms with Gasteiger partial charge in [-0.25, -0.2) is 0 Å². The van der Waals surface area contributed by atoms with Crippen LogP contribution in [0.1, 0.15) is 18.4 Å². The second kappa shape index (κ2) is 5.39. The summed E-state index contributed by atoms with van der Waals surface area (Å²) in [5.74, 6) is 0.300. The summed E-state index contributed by atoms with van der Waals surface area (Å²) in [6.07, 6.45) is 2.10. The quantitative estimate of drug-likeness (QED) is 0.877. The summed E-state index contributed by atoms with van der Waals surface area (Å²) in [5.41, 5.74) is 1.42. The van der Waals surface area contributed by atoms with Crippen LogP contribution in [0.25, 0.3) is 0 Å². The third-order valence-electron chi connectivity index (χ3n) is 3.22. The van der Waals surface area contributed by atoms with Crippen LogP contribution in [0.3, 0.4) is 0 Å². The zero-order valence-electron chi connectivity index (χ0n) is 9.56. The van der Waals surface area contributed by atoms with Crippen LogP contribution in [-0.4, -0.2) is 24.8 Å². The Bertz CT molecular complexity index is 442. The van der Waals surface area contributed by atoms with Crippen LogP contribution in [0.2, 0.25) is 5.02 Å². The number of anilines is 1. The Morgan fingerprint density at radius 3 is 3.06 bits per heavy atom. The molecule has 0 aromatic heterocycles. The zero-order chi connectivity index (χ0) is 12.3. The van der Waals surface area contributed by atoms with Gasteiger partial charge in [-0.05, 0) is 30.9 Å². The number of nitriles is 1. The van der Waals surface area contributed by atoms with Gasteiger partial charge in [0.1, 0.15) is 6.07 Å². The Labute approximate surface area is 106 Å². The fourth-order valence-electron chi connectivity index (χ4n) is 2.32. The molecule has 90 valence electrons. The summed E-state index contributed by atoms with van der Waals surface area (Å²) < 4.78 is 0. The van der Waals surface area contributed by atoms with Crippen LogP contribution in [0.4, 0.5) is 5.69 Å². The van der Waals surface area contributed by atoms with Crippen LogP contribution in [0, 0.1) is 17.2 Å². The first-order valence-electron chi connectivity index (χ1n) is 5.80. The van der Waals surface area contributed by atoms with Gasteiger partial charge in [0, 0.05) is 19.7 Å². The molecule has 0 spiro atoms. The monoisotopic (exact) mass is 250 g/mol. The van der Waals surface area contributed by atoms with E-state index in [1.165, 1.54) is 0 Å². The molecule has 1 heterocycles. The van der Waals surface area contributed by atoms with E-state index in [4.69, 9.17) is 16.9 Å². The van der Waals surface area contributed by atoms with Crippen LogP contribution in [0.5, 0.6) is 0 Å². The van der Waals surface area contributed by atoms with Gasteiger partial charge in [-0.15, -0.1) is 0 Å². The number of aliphatic hydroxyl groups is 1. The van der Waals surface area contributed by atoms with Crippen molar-refractivity contribution in [2.75, 3.05) is 24.6 Å². The van der Waals surface area contributed by atoms with Crippen molar-refractivity contribution in [2.24, 2.45) is 5.92 Å².